The summed E-state index contributed by atoms with van der Waals surface area (Å²) in [6.45, 7) is 3.58. The highest BCUT2D eigenvalue weighted by Crippen LogP contribution is 2.11. The van der Waals surface area contributed by atoms with Crippen LogP contribution in [0.2, 0.25) is 5.02 Å². The first-order chi connectivity index (χ1) is 9.51. The maximum Gasteiger partial charge on any atom is 0.331 e. The van der Waals surface area contributed by atoms with Crippen LogP contribution in [0, 0.1) is 0 Å². The molecule has 1 aromatic carbocycles. The molecule has 0 aliphatic rings. The van der Waals surface area contributed by atoms with Gasteiger partial charge in [-0.05, 0) is 37.1 Å². The molecule has 1 rings (SSSR count). The number of rotatable bonds is 6. The molecule has 1 aromatic rings. The molecule has 108 valence electrons. The van der Waals surface area contributed by atoms with Crippen LogP contribution in [0.15, 0.2) is 30.3 Å². The number of carbonyl (C=O) groups is 2. The molecule has 1 N–H and O–H groups in total. The molecule has 20 heavy (non-hydrogen) atoms. The lowest BCUT2D eigenvalue weighted by Crippen LogP contribution is -2.35. The average molecular weight is 296 g/mol. The van der Waals surface area contributed by atoms with Crippen LogP contribution in [0.1, 0.15) is 25.8 Å². The van der Waals surface area contributed by atoms with E-state index < -0.39 is 5.97 Å². The Morgan fingerprint density at radius 3 is 2.85 bits per heavy atom. The Morgan fingerprint density at radius 1 is 1.45 bits per heavy atom. The number of carbonyl (C=O) groups excluding carboxylic acids is 2. The second-order valence-corrected chi connectivity index (χ2v) is 4.81. The van der Waals surface area contributed by atoms with Crippen molar-refractivity contribution in [2.24, 2.45) is 0 Å². The molecule has 1 atom stereocenters. The van der Waals surface area contributed by atoms with E-state index in [0.717, 1.165) is 12.0 Å². The lowest BCUT2D eigenvalue weighted by Gasteiger charge is -2.10. The Hall–Kier alpha value is -1.81. The summed E-state index contributed by atoms with van der Waals surface area (Å²) >= 11 is 5.82. The normalized spacial score (nSPS) is 12.2. The molecular weight excluding hydrogens is 278 g/mol. The van der Waals surface area contributed by atoms with Crippen LogP contribution in [0.4, 0.5) is 0 Å². The second-order valence-electron chi connectivity index (χ2n) is 4.37. The lowest BCUT2D eigenvalue weighted by molar-refractivity contribution is -0.144. The molecule has 1 amide bonds. The standard InChI is InChI=1S/C15H18ClNO3/c1-3-11(2)17-14(18)10-20-15(19)8-7-12-5-4-6-13(16)9-12/h4-9,11H,3,10H2,1-2H3,(H,17,18)/b8-7+/t11-/m1/s1. The Morgan fingerprint density at radius 2 is 2.20 bits per heavy atom. The Labute approximate surface area is 123 Å². The largest absolute Gasteiger partial charge is 0.452 e. The third-order valence-corrected chi connectivity index (χ3v) is 2.86. The van der Waals surface area contributed by atoms with Gasteiger partial charge in [0.05, 0.1) is 0 Å². The zero-order chi connectivity index (χ0) is 15.0. The molecule has 0 bridgehead atoms. The number of nitrogens with one attached hydrogen (secondary N) is 1. The van der Waals surface area contributed by atoms with Gasteiger partial charge in [-0.2, -0.15) is 0 Å². The second kappa shape index (κ2) is 8.38. The van der Waals surface area contributed by atoms with Crippen LogP contribution in [0.5, 0.6) is 0 Å². The Balaban J connectivity index is 2.38. The third-order valence-electron chi connectivity index (χ3n) is 2.63. The smallest absolute Gasteiger partial charge is 0.331 e. The van der Waals surface area contributed by atoms with Crippen molar-refractivity contribution in [3.05, 3.63) is 40.9 Å². The molecular formula is C15H18ClNO3. The lowest BCUT2D eigenvalue weighted by atomic mass is 10.2. The fourth-order valence-corrected chi connectivity index (χ4v) is 1.58. The van der Waals surface area contributed by atoms with Gasteiger partial charge in [0.15, 0.2) is 6.61 Å². The number of hydrogen-bond acceptors (Lipinski definition) is 3. The van der Waals surface area contributed by atoms with E-state index >= 15 is 0 Å². The highest BCUT2D eigenvalue weighted by atomic mass is 35.5. The predicted octanol–water partition coefficient (Wildman–Crippen LogP) is 2.81. The van der Waals surface area contributed by atoms with E-state index in [1.807, 2.05) is 19.9 Å². The van der Waals surface area contributed by atoms with Gasteiger partial charge in [-0.1, -0.05) is 30.7 Å². The number of esters is 1. The van der Waals surface area contributed by atoms with E-state index in [1.54, 1.807) is 24.3 Å². The fourth-order valence-electron chi connectivity index (χ4n) is 1.38. The van der Waals surface area contributed by atoms with Gasteiger partial charge in [0.1, 0.15) is 0 Å². The molecule has 0 heterocycles. The molecule has 0 radical (unpaired) electrons. The maximum absolute atomic E-state index is 11.4. The van der Waals surface area contributed by atoms with Crippen LogP contribution in [0.3, 0.4) is 0 Å². The molecule has 4 nitrogen and oxygen atoms in total. The summed E-state index contributed by atoms with van der Waals surface area (Å²) in [7, 11) is 0. The fraction of sp³-hybridized carbons (Fsp3) is 0.333. The maximum atomic E-state index is 11.4. The van der Waals surface area contributed by atoms with E-state index in [0.29, 0.717) is 5.02 Å². The number of halogens is 1. The molecule has 5 heteroatoms. The van der Waals surface area contributed by atoms with Gasteiger partial charge in [-0.3, -0.25) is 4.79 Å². The van der Waals surface area contributed by atoms with E-state index in [4.69, 9.17) is 16.3 Å². The van der Waals surface area contributed by atoms with E-state index in [9.17, 15) is 9.59 Å². The van der Waals surface area contributed by atoms with Crippen LogP contribution >= 0.6 is 11.6 Å². The topological polar surface area (TPSA) is 55.4 Å². The molecule has 0 saturated carbocycles. The summed E-state index contributed by atoms with van der Waals surface area (Å²) in [5.74, 6) is -0.867. The molecule has 0 fully saturated rings. The number of benzene rings is 1. The van der Waals surface area contributed by atoms with E-state index in [2.05, 4.69) is 5.32 Å². The van der Waals surface area contributed by atoms with E-state index in [1.165, 1.54) is 6.08 Å². The highest BCUT2D eigenvalue weighted by molar-refractivity contribution is 6.30. The van der Waals surface area contributed by atoms with Crippen molar-refractivity contribution in [1.29, 1.82) is 0 Å². The van der Waals surface area contributed by atoms with E-state index in [-0.39, 0.29) is 18.6 Å². The van der Waals surface area contributed by atoms with Crippen LogP contribution < -0.4 is 5.32 Å². The van der Waals surface area contributed by atoms with Crippen molar-refractivity contribution in [3.8, 4) is 0 Å². The first-order valence-electron chi connectivity index (χ1n) is 6.41. The summed E-state index contributed by atoms with van der Waals surface area (Å²) in [5.41, 5.74) is 0.790. The minimum absolute atomic E-state index is 0.0724. The zero-order valence-electron chi connectivity index (χ0n) is 11.6. The number of ether oxygens (including phenoxy) is 1. The summed E-state index contributed by atoms with van der Waals surface area (Å²) in [6, 6.07) is 7.14. The van der Waals surface area contributed by atoms with Crippen LogP contribution in [0.25, 0.3) is 6.08 Å². The van der Waals surface area contributed by atoms with Gasteiger partial charge < -0.3 is 10.1 Å². The monoisotopic (exact) mass is 295 g/mol. The van der Waals surface area contributed by atoms with Gasteiger partial charge in [0.25, 0.3) is 5.91 Å². The average Bonchev–Trinajstić information content (AvgIpc) is 2.42. The van der Waals surface area contributed by atoms with Crippen molar-refractivity contribution >= 4 is 29.6 Å². The SMILES string of the molecule is CC[C@@H](C)NC(=O)COC(=O)/C=C/c1cccc(Cl)c1. The van der Waals surface area contributed by atoms with Crippen molar-refractivity contribution in [3.63, 3.8) is 0 Å². The first-order valence-corrected chi connectivity index (χ1v) is 6.78. The van der Waals surface area contributed by atoms with Crippen LogP contribution in [-0.2, 0) is 14.3 Å². The molecule has 0 aliphatic carbocycles. The molecule has 0 aromatic heterocycles. The van der Waals surface area contributed by atoms with Crippen molar-refractivity contribution < 1.29 is 14.3 Å². The van der Waals surface area contributed by atoms with Gasteiger partial charge in [-0.15, -0.1) is 0 Å². The van der Waals surface area contributed by atoms with Gasteiger partial charge in [0, 0.05) is 17.1 Å². The van der Waals surface area contributed by atoms with Gasteiger partial charge in [-0.25, -0.2) is 4.79 Å². The molecule has 0 spiro atoms. The van der Waals surface area contributed by atoms with Gasteiger partial charge in [0.2, 0.25) is 0 Å². The number of hydrogen-bond donors (Lipinski definition) is 1. The summed E-state index contributed by atoms with van der Waals surface area (Å²) < 4.78 is 4.83. The molecule has 0 unspecified atom stereocenters. The quantitative estimate of drug-likeness (QED) is 0.648. The third kappa shape index (κ3) is 6.38. The van der Waals surface area contributed by atoms with Crippen molar-refractivity contribution in [2.75, 3.05) is 6.61 Å². The molecule has 0 aliphatic heterocycles. The van der Waals surface area contributed by atoms with Crippen molar-refractivity contribution in [1.82, 2.24) is 5.32 Å². The van der Waals surface area contributed by atoms with Gasteiger partial charge >= 0.3 is 5.97 Å². The van der Waals surface area contributed by atoms with Crippen LogP contribution in [-0.4, -0.2) is 24.5 Å². The molecule has 0 saturated heterocycles. The number of amides is 1. The summed E-state index contributed by atoms with van der Waals surface area (Å²) in [4.78, 5) is 22.8. The first kappa shape index (κ1) is 16.2. The van der Waals surface area contributed by atoms with Crippen molar-refractivity contribution in [2.45, 2.75) is 26.3 Å². The summed E-state index contributed by atoms with van der Waals surface area (Å²) in [5, 5.41) is 3.30. The highest BCUT2D eigenvalue weighted by Gasteiger charge is 2.07. The Bertz CT molecular complexity index is 500. The minimum atomic E-state index is -0.565. The minimum Gasteiger partial charge on any atom is -0.452 e. The Kier molecular flexibility index (Phi) is 6.81. The predicted molar refractivity (Wildman–Crippen MR) is 79.3 cm³/mol. The zero-order valence-corrected chi connectivity index (χ0v) is 12.3. The summed E-state index contributed by atoms with van der Waals surface area (Å²) in [6.07, 6.45) is 3.68.